The maximum Gasteiger partial charge on any atom is 0.204 e. The first-order valence-electron chi connectivity index (χ1n) is 11.4. The van der Waals surface area contributed by atoms with E-state index in [1.165, 1.54) is 5.56 Å². The molecule has 5 heteroatoms. The lowest BCUT2D eigenvalue weighted by molar-refractivity contribution is 0.596. The van der Waals surface area contributed by atoms with Gasteiger partial charge in [-0.1, -0.05) is 94.3 Å². The van der Waals surface area contributed by atoms with Crippen molar-refractivity contribution in [1.82, 2.24) is 0 Å². The molecule has 0 N–H and O–H groups in total. The Balaban J connectivity index is 1.69. The first kappa shape index (κ1) is 22.9. The molecule has 3 nitrogen and oxygen atoms in total. The fourth-order valence-corrected chi connectivity index (χ4v) is 6.95. The summed E-state index contributed by atoms with van der Waals surface area (Å²) in [6, 6.07) is 31.5. The van der Waals surface area contributed by atoms with Gasteiger partial charge in [-0.15, -0.1) is 0 Å². The first-order chi connectivity index (χ1) is 16.5. The monoisotopic (exact) mass is 531 g/mol. The van der Waals surface area contributed by atoms with E-state index < -0.39 is 9.84 Å². The van der Waals surface area contributed by atoms with Gasteiger partial charge in [-0.2, -0.15) is 0 Å². The van der Waals surface area contributed by atoms with E-state index in [4.69, 9.17) is 0 Å². The summed E-state index contributed by atoms with van der Waals surface area (Å²) in [5, 5.41) is 2.63. The zero-order valence-corrected chi connectivity index (χ0v) is 21.4. The summed E-state index contributed by atoms with van der Waals surface area (Å²) < 4.78 is 28.4. The van der Waals surface area contributed by atoms with E-state index in [-0.39, 0.29) is 5.92 Å². The normalized spacial score (nSPS) is 16.8. The third-order valence-electron chi connectivity index (χ3n) is 6.51. The van der Waals surface area contributed by atoms with Crippen LogP contribution in [0.15, 0.2) is 107 Å². The van der Waals surface area contributed by atoms with Crippen molar-refractivity contribution in [3.63, 3.8) is 0 Å². The SMILES string of the molecule is Cc1ccc(N2CC(S(=O)(=O)c3ccc4ccccc4c3)=C(c3ccccc3)C(CBr)C2)cc1. The quantitative estimate of drug-likeness (QED) is 0.264. The van der Waals surface area contributed by atoms with E-state index in [1.807, 2.05) is 60.7 Å². The second kappa shape index (κ2) is 9.40. The second-order valence-electron chi connectivity index (χ2n) is 8.78. The highest BCUT2D eigenvalue weighted by Crippen LogP contribution is 2.39. The van der Waals surface area contributed by atoms with E-state index in [0.29, 0.717) is 21.7 Å². The van der Waals surface area contributed by atoms with E-state index in [2.05, 4.69) is 52.0 Å². The average Bonchev–Trinajstić information content (AvgIpc) is 2.88. The molecule has 4 aromatic rings. The van der Waals surface area contributed by atoms with Gasteiger partial charge in [0.05, 0.1) is 16.3 Å². The largest absolute Gasteiger partial charge is 0.366 e. The lowest BCUT2D eigenvalue weighted by Crippen LogP contribution is -2.39. The Bertz CT molecular complexity index is 1460. The Morgan fingerprint density at radius 3 is 2.24 bits per heavy atom. The predicted molar refractivity (Wildman–Crippen MR) is 145 cm³/mol. The lowest BCUT2D eigenvalue weighted by atomic mass is 9.90. The van der Waals surface area contributed by atoms with E-state index in [9.17, 15) is 8.42 Å². The van der Waals surface area contributed by atoms with Gasteiger partial charge in [0.1, 0.15) is 0 Å². The van der Waals surface area contributed by atoms with Crippen LogP contribution >= 0.6 is 15.9 Å². The number of anilines is 1. The zero-order chi connectivity index (χ0) is 23.7. The standard InChI is InChI=1S/C29H26BrNO2S/c1-21-11-14-26(15-12-21)31-19-25(18-30)29(23-8-3-2-4-9-23)28(20-31)34(32,33)27-16-13-22-7-5-6-10-24(22)17-27/h2-17,25H,18-20H2,1H3. The van der Waals surface area contributed by atoms with Crippen LogP contribution < -0.4 is 4.90 Å². The summed E-state index contributed by atoms with van der Waals surface area (Å²) in [4.78, 5) is 3.00. The molecule has 0 fully saturated rings. The van der Waals surface area contributed by atoms with E-state index in [1.54, 1.807) is 12.1 Å². The molecule has 0 bridgehead atoms. The highest BCUT2D eigenvalue weighted by molar-refractivity contribution is 9.09. The molecular formula is C29H26BrNO2S. The van der Waals surface area contributed by atoms with Gasteiger partial charge in [-0.3, -0.25) is 0 Å². The van der Waals surface area contributed by atoms with Gasteiger partial charge in [0.25, 0.3) is 0 Å². The molecule has 1 aliphatic heterocycles. The Kier molecular flexibility index (Phi) is 6.32. The van der Waals surface area contributed by atoms with Crippen LogP contribution in [0.4, 0.5) is 5.69 Å². The van der Waals surface area contributed by atoms with Gasteiger partial charge in [-0.05, 0) is 53.1 Å². The molecule has 0 radical (unpaired) electrons. The summed E-state index contributed by atoms with van der Waals surface area (Å²) in [6.45, 7) is 3.14. The molecule has 0 saturated carbocycles. The van der Waals surface area contributed by atoms with Crippen molar-refractivity contribution < 1.29 is 8.42 Å². The number of rotatable bonds is 5. The van der Waals surface area contributed by atoms with Gasteiger partial charge in [0.2, 0.25) is 9.84 Å². The number of sulfone groups is 1. The van der Waals surface area contributed by atoms with Crippen LogP contribution in [0, 0.1) is 12.8 Å². The molecule has 5 rings (SSSR count). The number of hydrogen-bond acceptors (Lipinski definition) is 3. The molecule has 1 heterocycles. The predicted octanol–water partition coefficient (Wildman–Crippen LogP) is 6.86. The van der Waals surface area contributed by atoms with Crippen molar-refractivity contribution in [2.45, 2.75) is 11.8 Å². The van der Waals surface area contributed by atoms with E-state index >= 15 is 0 Å². The molecule has 1 aliphatic rings. The Labute approximate surface area is 209 Å². The molecule has 0 aliphatic carbocycles. The highest BCUT2D eigenvalue weighted by Gasteiger charge is 2.35. The molecule has 0 spiro atoms. The zero-order valence-electron chi connectivity index (χ0n) is 19.0. The molecular weight excluding hydrogens is 506 g/mol. The molecule has 0 aromatic heterocycles. The van der Waals surface area contributed by atoms with Crippen molar-refractivity contribution >= 4 is 47.8 Å². The summed E-state index contributed by atoms with van der Waals surface area (Å²) in [5.41, 5.74) is 4.10. The van der Waals surface area contributed by atoms with Crippen LogP contribution in [0.3, 0.4) is 0 Å². The van der Waals surface area contributed by atoms with Crippen LogP contribution in [0.5, 0.6) is 0 Å². The van der Waals surface area contributed by atoms with Crippen molar-refractivity contribution in [1.29, 1.82) is 0 Å². The number of halogens is 1. The van der Waals surface area contributed by atoms with E-state index in [0.717, 1.165) is 34.1 Å². The van der Waals surface area contributed by atoms with Gasteiger partial charge in [0, 0.05) is 23.5 Å². The summed E-state index contributed by atoms with van der Waals surface area (Å²) in [5.74, 6) is 0.0303. The number of alkyl halides is 1. The average molecular weight is 533 g/mol. The summed E-state index contributed by atoms with van der Waals surface area (Å²) in [6.07, 6.45) is 0. The summed E-state index contributed by atoms with van der Waals surface area (Å²) >= 11 is 3.69. The first-order valence-corrected chi connectivity index (χ1v) is 14.0. The van der Waals surface area contributed by atoms with Crippen LogP contribution in [-0.4, -0.2) is 26.8 Å². The third kappa shape index (κ3) is 4.30. The number of nitrogens with zero attached hydrogens (tertiary/aromatic N) is 1. The third-order valence-corrected chi connectivity index (χ3v) is 9.16. The fraction of sp³-hybridized carbons (Fsp3) is 0.172. The van der Waals surface area contributed by atoms with Crippen LogP contribution in [0.1, 0.15) is 11.1 Å². The van der Waals surface area contributed by atoms with Crippen molar-refractivity contribution in [2.75, 3.05) is 23.3 Å². The molecule has 4 aromatic carbocycles. The second-order valence-corrected chi connectivity index (χ2v) is 11.4. The molecule has 0 amide bonds. The maximum atomic E-state index is 14.2. The minimum Gasteiger partial charge on any atom is -0.366 e. The summed E-state index contributed by atoms with van der Waals surface area (Å²) in [7, 11) is -3.73. The Hall–Kier alpha value is -2.89. The van der Waals surface area contributed by atoms with Gasteiger partial charge in [0.15, 0.2) is 0 Å². The van der Waals surface area contributed by atoms with Crippen molar-refractivity contribution in [3.05, 3.63) is 113 Å². The smallest absolute Gasteiger partial charge is 0.204 e. The van der Waals surface area contributed by atoms with Crippen LogP contribution in [0.2, 0.25) is 0 Å². The van der Waals surface area contributed by atoms with Gasteiger partial charge >= 0.3 is 0 Å². The van der Waals surface area contributed by atoms with Gasteiger partial charge < -0.3 is 4.90 Å². The highest BCUT2D eigenvalue weighted by atomic mass is 79.9. The molecule has 34 heavy (non-hydrogen) atoms. The molecule has 1 atom stereocenters. The molecule has 1 unspecified atom stereocenters. The number of aryl methyl sites for hydroxylation is 1. The van der Waals surface area contributed by atoms with Crippen molar-refractivity contribution in [3.8, 4) is 0 Å². The minimum absolute atomic E-state index is 0.0303. The molecule has 0 saturated heterocycles. The number of hydrogen-bond donors (Lipinski definition) is 0. The number of fused-ring (bicyclic) bond motifs is 1. The minimum atomic E-state index is -3.73. The Morgan fingerprint density at radius 2 is 1.53 bits per heavy atom. The van der Waals surface area contributed by atoms with Crippen molar-refractivity contribution in [2.24, 2.45) is 5.92 Å². The van der Waals surface area contributed by atoms with Crippen LogP contribution in [0.25, 0.3) is 16.3 Å². The lowest BCUT2D eigenvalue weighted by Gasteiger charge is -2.37. The number of benzene rings is 4. The van der Waals surface area contributed by atoms with Crippen LogP contribution in [-0.2, 0) is 9.84 Å². The topological polar surface area (TPSA) is 37.4 Å². The maximum absolute atomic E-state index is 14.2. The fourth-order valence-electron chi connectivity index (χ4n) is 4.71. The Morgan fingerprint density at radius 1 is 0.853 bits per heavy atom. The van der Waals surface area contributed by atoms with Gasteiger partial charge in [-0.25, -0.2) is 8.42 Å². The molecule has 172 valence electrons.